The van der Waals surface area contributed by atoms with Crippen LogP contribution in [0.4, 0.5) is 34.1 Å². The number of fused-ring (bicyclic) bond motifs is 13. The Morgan fingerprint density at radius 3 is 1.27 bits per heavy atom. The highest BCUT2D eigenvalue weighted by molar-refractivity contribution is 6.03. The summed E-state index contributed by atoms with van der Waals surface area (Å²) in [6.45, 7) is 4.75. The summed E-state index contributed by atoms with van der Waals surface area (Å²) in [5, 5.41) is 0. The Morgan fingerprint density at radius 1 is 0.309 bits per heavy atom. The van der Waals surface area contributed by atoms with E-state index < -0.39 is 5.41 Å². The Morgan fingerprint density at radius 2 is 0.728 bits per heavy atom. The van der Waals surface area contributed by atoms with Gasteiger partial charge in [0.25, 0.3) is 0 Å². The molecule has 0 N–H and O–H groups in total. The van der Waals surface area contributed by atoms with Crippen LogP contribution in [0.15, 0.2) is 261 Å². The maximum atomic E-state index is 2.61. The van der Waals surface area contributed by atoms with Gasteiger partial charge >= 0.3 is 0 Å². The van der Waals surface area contributed by atoms with Crippen molar-refractivity contribution in [3.05, 3.63) is 300 Å². The summed E-state index contributed by atoms with van der Waals surface area (Å²) < 4.78 is 0. The van der Waals surface area contributed by atoms with Crippen molar-refractivity contribution in [2.75, 3.05) is 9.80 Å². The maximum absolute atomic E-state index is 2.61. The fourth-order valence-corrected chi connectivity index (χ4v) is 17.2. The van der Waals surface area contributed by atoms with Crippen LogP contribution in [0.2, 0.25) is 0 Å². The van der Waals surface area contributed by atoms with Crippen molar-refractivity contribution >= 4 is 34.1 Å². The van der Waals surface area contributed by atoms with Gasteiger partial charge in [0.2, 0.25) is 0 Å². The van der Waals surface area contributed by atoms with E-state index >= 15 is 0 Å². The Balaban J connectivity index is 0.931. The summed E-state index contributed by atoms with van der Waals surface area (Å²) in [6, 6.07) is 99.5. The molecule has 4 saturated carbocycles. The van der Waals surface area contributed by atoms with Gasteiger partial charge in [-0.2, -0.15) is 0 Å². The first kappa shape index (κ1) is 46.9. The van der Waals surface area contributed by atoms with Gasteiger partial charge in [-0.05, 0) is 212 Å². The molecule has 18 rings (SSSR count). The Kier molecular flexibility index (Phi) is 10.3. The third-order valence-corrected chi connectivity index (χ3v) is 20.4. The molecule has 0 aliphatic heterocycles. The lowest BCUT2D eigenvalue weighted by atomic mass is 9.70. The normalized spacial score (nSPS) is 21.3. The average Bonchev–Trinajstić information content (AvgIpc) is 4.35. The number of hydrogen-bond acceptors (Lipinski definition) is 2. The first-order chi connectivity index (χ1) is 39.9. The van der Waals surface area contributed by atoms with Crippen LogP contribution in [0.3, 0.4) is 0 Å². The van der Waals surface area contributed by atoms with Crippen LogP contribution in [0.25, 0.3) is 55.6 Å². The Bertz CT molecular complexity index is 4280. The van der Waals surface area contributed by atoms with E-state index in [-0.39, 0.29) is 5.41 Å². The topological polar surface area (TPSA) is 6.48 Å². The minimum Gasteiger partial charge on any atom is -0.310 e. The lowest BCUT2D eigenvalue weighted by Gasteiger charge is -2.35. The molecule has 1 spiro atoms. The van der Waals surface area contributed by atoms with Crippen molar-refractivity contribution in [2.24, 2.45) is 23.7 Å². The first-order valence-electron chi connectivity index (χ1n) is 29.6. The molecule has 7 aliphatic rings. The first-order valence-corrected chi connectivity index (χ1v) is 29.6. The summed E-state index contributed by atoms with van der Waals surface area (Å²) in [6.07, 6.45) is 5.73. The van der Waals surface area contributed by atoms with Gasteiger partial charge in [0, 0.05) is 39.3 Å². The zero-order chi connectivity index (χ0) is 53.6. The molecule has 4 fully saturated rings. The predicted octanol–water partition coefficient (Wildman–Crippen LogP) is 20.8. The molecule has 7 aliphatic carbocycles. The molecule has 2 nitrogen and oxygen atoms in total. The minimum absolute atomic E-state index is 0.111. The van der Waals surface area contributed by atoms with E-state index in [2.05, 4.69) is 285 Å². The molecule has 6 atom stereocenters. The van der Waals surface area contributed by atoms with E-state index in [1.54, 1.807) is 5.56 Å². The predicted molar refractivity (Wildman–Crippen MR) is 336 cm³/mol. The molecule has 81 heavy (non-hydrogen) atoms. The molecule has 0 aromatic heterocycles. The van der Waals surface area contributed by atoms with Crippen LogP contribution in [-0.2, 0) is 10.8 Å². The monoisotopic (exact) mass is 1040 g/mol. The Hall–Kier alpha value is -8.98. The van der Waals surface area contributed by atoms with Gasteiger partial charge in [0.15, 0.2) is 0 Å². The van der Waals surface area contributed by atoms with Crippen LogP contribution in [0, 0.1) is 23.7 Å². The lowest BCUT2D eigenvalue weighted by Crippen LogP contribution is -2.27. The second-order valence-electron chi connectivity index (χ2n) is 24.8. The molecule has 388 valence electrons. The van der Waals surface area contributed by atoms with Crippen molar-refractivity contribution in [3.8, 4) is 55.6 Å². The van der Waals surface area contributed by atoms with Crippen LogP contribution < -0.4 is 9.80 Å². The fourth-order valence-electron chi connectivity index (χ4n) is 17.2. The molecule has 11 aromatic carbocycles. The van der Waals surface area contributed by atoms with Crippen molar-refractivity contribution in [1.82, 2.24) is 0 Å². The van der Waals surface area contributed by atoms with Gasteiger partial charge < -0.3 is 9.80 Å². The van der Waals surface area contributed by atoms with E-state index in [9.17, 15) is 0 Å². The van der Waals surface area contributed by atoms with E-state index in [0.29, 0.717) is 5.92 Å². The van der Waals surface area contributed by atoms with Crippen molar-refractivity contribution in [1.29, 1.82) is 0 Å². The second kappa shape index (κ2) is 17.8. The van der Waals surface area contributed by atoms with Crippen molar-refractivity contribution in [3.63, 3.8) is 0 Å². The molecule has 4 bridgehead atoms. The van der Waals surface area contributed by atoms with Crippen LogP contribution in [0.1, 0.15) is 84.4 Å². The Labute approximate surface area is 476 Å². The zero-order valence-electron chi connectivity index (χ0n) is 45.9. The molecule has 0 radical (unpaired) electrons. The van der Waals surface area contributed by atoms with Gasteiger partial charge in [-0.3, -0.25) is 0 Å². The van der Waals surface area contributed by atoms with Crippen molar-refractivity contribution < 1.29 is 0 Å². The number of hydrogen-bond donors (Lipinski definition) is 0. The van der Waals surface area contributed by atoms with Gasteiger partial charge in [-0.1, -0.05) is 202 Å². The number of rotatable bonds is 9. The molecule has 0 amide bonds. The second-order valence-corrected chi connectivity index (χ2v) is 24.8. The highest BCUT2D eigenvalue weighted by Crippen LogP contribution is 2.67. The summed E-state index contributed by atoms with van der Waals surface area (Å²) in [4.78, 5) is 5.10. The molecule has 6 unspecified atom stereocenters. The minimum atomic E-state index is -0.664. The summed E-state index contributed by atoms with van der Waals surface area (Å²) in [5.41, 5.74) is 28.1. The molecular weight excluding hydrogens is 977 g/mol. The van der Waals surface area contributed by atoms with Crippen LogP contribution in [0.5, 0.6) is 0 Å². The van der Waals surface area contributed by atoms with Gasteiger partial charge in [-0.25, -0.2) is 0 Å². The third kappa shape index (κ3) is 6.80. The third-order valence-electron chi connectivity index (χ3n) is 20.4. The van der Waals surface area contributed by atoms with Crippen molar-refractivity contribution in [2.45, 2.75) is 56.3 Å². The molecular formula is C79H62N2. The SMILES string of the molecule is CC1(C)c2ccccc2-c2cc(N(c3ccccc3)c3cc4c(cc3-c3ccccc3)-c3ccccc3C43c4ccccc4-c4cc(-c5ccccc5)c(N(c5ccccc5)c5ccc(C6C7CC8CC(C7)C6C8)cc5)cc43)ccc21. The highest BCUT2D eigenvalue weighted by Gasteiger charge is 2.55. The van der Waals surface area contributed by atoms with E-state index in [4.69, 9.17) is 0 Å². The largest absolute Gasteiger partial charge is 0.310 e. The molecule has 0 heterocycles. The molecule has 2 heteroatoms. The number of benzene rings is 11. The molecule has 11 aromatic rings. The summed E-state index contributed by atoms with van der Waals surface area (Å²) in [5.74, 6) is 4.26. The molecule has 0 saturated heterocycles. The fraction of sp³-hybridized carbons (Fsp3) is 0.165. The number of anilines is 6. The van der Waals surface area contributed by atoms with Gasteiger partial charge in [0.05, 0.1) is 16.8 Å². The summed E-state index contributed by atoms with van der Waals surface area (Å²) in [7, 11) is 0. The average molecular weight is 1040 g/mol. The van der Waals surface area contributed by atoms with E-state index in [0.717, 1.165) is 46.4 Å². The summed E-state index contributed by atoms with van der Waals surface area (Å²) >= 11 is 0. The van der Waals surface area contributed by atoms with Crippen LogP contribution >= 0.6 is 0 Å². The number of para-hydroxylation sites is 2. The smallest absolute Gasteiger partial charge is 0.0727 e. The maximum Gasteiger partial charge on any atom is 0.0727 e. The van der Waals surface area contributed by atoms with E-state index in [1.165, 1.54) is 126 Å². The van der Waals surface area contributed by atoms with Gasteiger partial charge in [-0.15, -0.1) is 0 Å². The van der Waals surface area contributed by atoms with E-state index in [1.807, 2.05) is 0 Å². The highest BCUT2D eigenvalue weighted by atomic mass is 15.2. The van der Waals surface area contributed by atoms with Crippen LogP contribution in [-0.4, -0.2) is 0 Å². The quantitative estimate of drug-likeness (QED) is 0.142. The number of nitrogens with zero attached hydrogens (tertiary/aromatic N) is 2. The zero-order valence-corrected chi connectivity index (χ0v) is 45.9. The lowest BCUT2D eigenvalue weighted by molar-refractivity contribution is 0.249. The van der Waals surface area contributed by atoms with Gasteiger partial charge in [0.1, 0.15) is 0 Å². The standard InChI is InChI=1S/C79H62N2/c1-78(2)69-32-18-15-29-60(69)66-45-59(39-40-70(66)78)81(57-27-13-6-14-28-57)76-49-74-68(47-64(76)52-23-9-4-10-24-52)62-31-17-20-34-72(62)79(74)71-33-19-16-30-61(71)67-46-63(51-21-7-3-8-22-51)75(48-73(67)79)80(56-25-11-5-12-26-56)58-37-35-53(36-38-58)77-55-42-50-41-54(44-55)65(77)43-50/h3-40,45-50,54-55,65,77H,41-44H2,1-2H3.